The van der Waals surface area contributed by atoms with E-state index in [2.05, 4.69) is 11.2 Å². The number of aliphatic hydroxyl groups is 1. The number of carbonyl (C=O) groups is 2. The Kier molecular flexibility index (Phi) is 8.03. The van der Waals surface area contributed by atoms with Crippen molar-refractivity contribution in [2.45, 2.75) is 32.8 Å². The highest BCUT2D eigenvalue weighted by Crippen LogP contribution is 2.10. The Morgan fingerprint density at radius 3 is 2.65 bits per heavy atom. The van der Waals surface area contributed by atoms with E-state index in [1.54, 1.807) is 18.2 Å². The van der Waals surface area contributed by atoms with Crippen molar-refractivity contribution in [2.75, 3.05) is 19.8 Å². The molecule has 1 amide bonds. The Morgan fingerprint density at radius 1 is 1.30 bits per heavy atom. The van der Waals surface area contributed by atoms with Crippen LogP contribution in [0.25, 0.3) is 0 Å². The van der Waals surface area contributed by atoms with Crippen LogP contribution in [-0.2, 0) is 4.74 Å². The molecule has 0 radical (unpaired) electrons. The molecular weight excluding hydrogens is 294 g/mol. The maximum atomic E-state index is 12.1. The van der Waals surface area contributed by atoms with Crippen molar-refractivity contribution in [3.63, 3.8) is 0 Å². The van der Waals surface area contributed by atoms with E-state index in [1.807, 2.05) is 6.92 Å². The van der Waals surface area contributed by atoms with Crippen LogP contribution in [0.4, 0.5) is 0 Å². The largest absolute Gasteiger partial charge is 0.391 e. The van der Waals surface area contributed by atoms with E-state index in [1.165, 1.54) is 6.92 Å². The number of nitrogens with one attached hydrogen (secondary N) is 1. The number of carbonyl (C=O) groups excluding carboxylic acids is 2. The van der Waals surface area contributed by atoms with Gasteiger partial charge in [0.2, 0.25) is 0 Å². The molecule has 2 N–H and O–H groups in total. The normalized spacial score (nSPS) is 11.6. The summed E-state index contributed by atoms with van der Waals surface area (Å²) >= 11 is 0. The topological polar surface area (TPSA) is 75.6 Å². The van der Waals surface area contributed by atoms with Gasteiger partial charge in [0.1, 0.15) is 0 Å². The molecule has 5 heteroatoms. The fourth-order valence-electron chi connectivity index (χ4n) is 1.98. The van der Waals surface area contributed by atoms with Crippen molar-refractivity contribution in [1.29, 1.82) is 0 Å². The van der Waals surface area contributed by atoms with Crippen LogP contribution in [0.5, 0.6) is 0 Å². The molecule has 1 aromatic carbocycles. The zero-order valence-corrected chi connectivity index (χ0v) is 13.6. The molecule has 0 saturated heterocycles. The predicted octanol–water partition coefficient (Wildman–Crippen LogP) is 1.72. The molecule has 23 heavy (non-hydrogen) atoms. The van der Waals surface area contributed by atoms with Gasteiger partial charge in [-0.1, -0.05) is 0 Å². The van der Waals surface area contributed by atoms with Crippen LogP contribution in [0.2, 0.25) is 0 Å². The third kappa shape index (κ3) is 7.09. The summed E-state index contributed by atoms with van der Waals surface area (Å²) in [6.45, 7) is 4.26. The average molecular weight is 317 g/mol. The summed E-state index contributed by atoms with van der Waals surface area (Å²) < 4.78 is 5.24. The quantitative estimate of drug-likeness (QED) is 0.413. The number of terminal acetylenes is 1. The first-order valence-corrected chi connectivity index (χ1v) is 7.54. The molecule has 0 saturated carbocycles. The summed E-state index contributed by atoms with van der Waals surface area (Å²) in [5, 5.41) is 12.5. The summed E-state index contributed by atoms with van der Waals surface area (Å²) in [5.41, 5.74) is 1.75. The number of aliphatic hydroxyl groups excluding tert-OH is 1. The van der Waals surface area contributed by atoms with E-state index in [-0.39, 0.29) is 18.2 Å². The van der Waals surface area contributed by atoms with E-state index in [0.29, 0.717) is 37.2 Å². The van der Waals surface area contributed by atoms with Gasteiger partial charge in [-0.25, -0.2) is 0 Å². The fraction of sp³-hybridized carbons (Fsp3) is 0.444. The molecule has 1 atom stereocenters. The van der Waals surface area contributed by atoms with Gasteiger partial charge in [-0.3, -0.25) is 9.59 Å². The van der Waals surface area contributed by atoms with Crippen molar-refractivity contribution < 1.29 is 19.4 Å². The second-order valence-electron chi connectivity index (χ2n) is 5.36. The molecule has 5 nitrogen and oxygen atoms in total. The first-order valence-electron chi connectivity index (χ1n) is 7.54. The Labute approximate surface area is 137 Å². The number of Topliss-reactive ketones (excluding diaryl/α,β-unsaturated/α-hetero) is 1. The molecule has 0 aliphatic heterocycles. The summed E-state index contributed by atoms with van der Waals surface area (Å²) in [6.07, 6.45) is 5.36. The second-order valence-corrected chi connectivity index (χ2v) is 5.36. The summed E-state index contributed by atoms with van der Waals surface area (Å²) in [7, 11) is 0. The molecule has 1 aromatic rings. The summed E-state index contributed by atoms with van der Waals surface area (Å²) in [5.74, 6) is 2.06. The lowest BCUT2D eigenvalue weighted by Gasteiger charge is -2.12. The van der Waals surface area contributed by atoms with Crippen molar-refractivity contribution in [2.24, 2.45) is 0 Å². The zero-order valence-electron chi connectivity index (χ0n) is 13.6. The number of rotatable bonds is 9. The first-order chi connectivity index (χ1) is 10.9. The standard InChI is InChI=1S/C18H23NO4/c1-4-5-7-23-8-6-17(21)12-19-18(22)16-10-13(2)9-15(11-16)14(3)20/h1,9-11,17,21H,5-8,12H2,2-3H3,(H,19,22). The lowest BCUT2D eigenvalue weighted by molar-refractivity contribution is 0.0771. The van der Waals surface area contributed by atoms with Crippen molar-refractivity contribution in [3.05, 3.63) is 34.9 Å². The monoisotopic (exact) mass is 317 g/mol. The minimum absolute atomic E-state index is 0.0908. The van der Waals surface area contributed by atoms with Gasteiger partial charge in [0, 0.05) is 30.7 Å². The number of hydrogen-bond donors (Lipinski definition) is 2. The van der Waals surface area contributed by atoms with Gasteiger partial charge >= 0.3 is 0 Å². The third-order valence-electron chi connectivity index (χ3n) is 3.23. The van der Waals surface area contributed by atoms with Gasteiger partial charge in [-0.2, -0.15) is 0 Å². The van der Waals surface area contributed by atoms with Crippen molar-refractivity contribution in [3.8, 4) is 12.3 Å². The molecule has 0 heterocycles. The van der Waals surface area contributed by atoms with Gasteiger partial charge < -0.3 is 15.2 Å². The van der Waals surface area contributed by atoms with Gasteiger partial charge in [-0.15, -0.1) is 12.3 Å². The predicted molar refractivity (Wildman–Crippen MR) is 88.4 cm³/mol. The van der Waals surface area contributed by atoms with Crippen LogP contribution in [0.15, 0.2) is 18.2 Å². The molecule has 0 spiro atoms. The van der Waals surface area contributed by atoms with E-state index >= 15 is 0 Å². The number of hydrogen-bond acceptors (Lipinski definition) is 4. The lowest BCUT2D eigenvalue weighted by atomic mass is 10.0. The smallest absolute Gasteiger partial charge is 0.251 e. The maximum Gasteiger partial charge on any atom is 0.251 e. The molecule has 0 bridgehead atoms. The Morgan fingerprint density at radius 2 is 2.00 bits per heavy atom. The van der Waals surface area contributed by atoms with E-state index in [9.17, 15) is 14.7 Å². The summed E-state index contributed by atoms with van der Waals surface area (Å²) in [6, 6.07) is 5.00. The number of benzene rings is 1. The Hall–Kier alpha value is -2.16. The highest BCUT2D eigenvalue weighted by atomic mass is 16.5. The lowest BCUT2D eigenvalue weighted by Crippen LogP contribution is -2.32. The number of amides is 1. The number of ketones is 1. The SMILES string of the molecule is C#CCCOCCC(O)CNC(=O)c1cc(C)cc(C(C)=O)c1. The van der Waals surface area contributed by atoms with E-state index in [0.717, 1.165) is 5.56 Å². The van der Waals surface area contributed by atoms with Crippen LogP contribution < -0.4 is 5.32 Å². The molecule has 1 rings (SSSR count). The van der Waals surface area contributed by atoms with Crippen LogP contribution in [0.3, 0.4) is 0 Å². The fourth-order valence-corrected chi connectivity index (χ4v) is 1.98. The Balaban J connectivity index is 2.44. The van der Waals surface area contributed by atoms with Gasteiger partial charge in [0.05, 0.1) is 12.7 Å². The van der Waals surface area contributed by atoms with Crippen LogP contribution >= 0.6 is 0 Å². The van der Waals surface area contributed by atoms with Crippen molar-refractivity contribution >= 4 is 11.7 Å². The third-order valence-corrected chi connectivity index (χ3v) is 3.23. The molecule has 0 fully saturated rings. The zero-order chi connectivity index (χ0) is 17.2. The van der Waals surface area contributed by atoms with E-state index in [4.69, 9.17) is 11.2 Å². The minimum Gasteiger partial charge on any atom is -0.391 e. The number of aryl methyl sites for hydroxylation is 1. The second kappa shape index (κ2) is 9.78. The summed E-state index contributed by atoms with van der Waals surface area (Å²) in [4.78, 5) is 23.5. The molecule has 0 aliphatic carbocycles. The number of ether oxygens (including phenoxy) is 1. The van der Waals surface area contributed by atoms with Crippen molar-refractivity contribution in [1.82, 2.24) is 5.32 Å². The molecule has 1 unspecified atom stereocenters. The highest BCUT2D eigenvalue weighted by Gasteiger charge is 2.11. The molecule has 0 aromatic heterocycles. The van der Waals surface area contributed by atoms with E-state index < -0.39 is 6.10 Å². The molecule has 0 aliphatic rings. The van der Waals surface area contributed by atoms with Gasteiger partial charge in [0.25, 0.3) is 5.91 Å². The average Bonchev–Trinajstić information content (AvgIpc) is 2.51. The highest BCUT2D eigenvalue weighted by molar-refractivity contribution is 5.99. The van der Waals surface area contributed by atoms with Gasteiger partial charge in [0.15, 0.2) is 5.78 Å². The Bertz CT molecular complexity index is 589. The van der Waals surface area contributed by atoms with Crippen LogP contribution in [-0.4, -0.2) is 42.7 Å². The van der Waals surface area contributed by atoms with Crippen LogP contribution in [0.1, 0.15) is 46.0 Å². The molecule has 124 valence electrons. The molecular formula is C18H23NO4. The maximum absolute atomic E-state index is 12.1. The minimum atomic E-state index is -0.693. The van der Waals surface area contributed by atoms with Gasteiger partial charge in [-0.05, 0) is 44.0 Å². The first kappa shape index (κ1) is 18.9. The van der Waals surface area contributed by atoms with Crippen LogP contribution in [0, 0.1) is 19.3 Å².